The van der Waals surface area contributed by atoms with Gasteiger partial charge in [0.15, 0.2) is 0 Å². The predicted octanol–water partition coefficient (Wildman–Crippen LogP) is 4.27. The molecule has 0 fully saturated rings. The minimum atomic E-state index is -1.20. The van der Waals surface area contributed by atoms with Gasteiger partial charge in [0.2, 0.25) is 11.8 Å². The summed E-state index contributed by atoms with van der Waals surface area (Å²) in [5.41, 5.74) is 1.64. The average molecular weight is 383 g/mol. The lowest BCUT2D eigenvalue weighted by Crippen LogP contribution is -2.44. The molecule has 0 atom stereocenters. The molecule has 2 amide bonds. The number of benzene rings is 2. The third-order valence-corrected chi connectivity index (χ3v) is 4.76. The summed E-state index contributed by atoms with van der Waals surface area (Å²) >= 11 is 0. The second-order valence-corrected chi connectivity index (χ2v) is 8.44. The average Bonchev–Trinajstić information content (AvgIpc) is 2.66. The van der Waals surface area contributed by atoms with E-state index < -0.39 is 5.41 Å². The Morgan fingerprint density at radius 3 is 1.93 bits per heavy atom. The number of carbonyl (C=O) groups excluding carboxylic acids is 2. The minimum Gasteiger partial charge on any atom is -0.497 e. The van der Waals surface area contributed by atoms with Gasteiger partial charge < -0.3 is 15.4 Å². The first-order valence-electron chi connectivity index (χ1n) is 9.37. The molecule has 5 heteroatoms. The quantitative estimate of drug-likeness (QED) is 0.733. The second-order valence-electron chi connectivity index (χ2n) is 8.44. The summed E-state index contributed by atoms with van der Waals surface area (Å²) in [6.45, 7) is 9.99. The topological polar surface area (TPSA) is 67.4 Å². The van der Waals surface area contributed by atoms with Gasteiger partial charge in [0.25, 0.3) is 0 Å². The van der Waals surface area contributed by atoms with Crippen molar-refractivity contribution in [1.29, 1.82) is 0 Å². The molecule has 0 saturated heterocycles. The Labute approximate surface area is 167 Å². The zero-order valence-electron chi connectivity index (χ0n) is 17.6. The van der Waals surface area contributed by atoms with Gasteiger partial charge in [-0.2, -0.15) is 0 Å². The second kappa shape index (κ2) is 8.46. The van der Waals surface area contributed by atoms with E-state index in [1.807, 2.05) is 48.5 Å². The highest BCUT2D eigenvalue weighted by molar-refractivity contribution is 6.09. The van der Waals surface area contributed by atoms with Crippen LogP contribution in [-0.2, 0) is 21.5 Å². The lowest BCUT2D eigenvalue weighted by molar-refractivity contribution is -0.138. The number of ether oxygens (including phenoxy) is 1. The van der Waals surface area contributed by atoms with E-state index in [4.69, 9.17) is 4.74 Å². The lowest BCUT2D eigenvalue weighted by Gasteiger charge is -2.23. The molecule has 2 aromatic carbocycles. The van der Waals surface area contributed by atoms with Gasteiger partial charge in [0.1, 0.15) is 11.2 Å². The van der Waals surface area contributed by atoms with Gasteiger partial charge in [0, 0.05) is 12.2 Å². The molecule has 0 bridgehead atoms. The number of amides is 2. The first-order chi connectivity index (χ1) is 13.0. The Morgan fingerprint density at radius 2 is 1.43 bits per heavy atom. The molecule has 2 aromatic rings. The molecule has 0 aliphatic heterocycles. The predicted molar refractivity (Wildman–Crippen MR) is 112 cm³/mol. The van der Waals surface area contributed by atoms with E-state index in [2.05, 4.69) is 31.4 Å². The lowest BCUT2D eigenvalue weighted by atomic mass is 9.87. The maximum absolute atomic E-state index is 12.7. The molecule has 0 heterocycles. The number of carbonyl (C=O) groups is 2. The van der Waals surface area contributed by atoms with Crippen LogP contribution in [-0.4, -0.2) is 18.9 Å². The van der Waals surface area contributed by atoms with Crippen molar-refractivity contribution in [3.05, 3.63) is 59.7 Å². The molecule has 0 spiro atoms. The molecule has 0 unspecified atom stereocenters. The number of methoxy groups -OCH3 is 1. The van der Waals surface area contributed by atoms with Crippen molar-refractivity contribution in [2.75, 3.05) is 12.4 Å². The van der Waals surface area contributed by atoms with Gasteiger partial charge in [-0.1, -0.05) is 45.0 Å². The third kappa shape index (κ3) is 5.35. The summed E-state index contributed by atoms with van der Waals surface area (Å²) in [7, 11) is 1.61. The third-order valence-electron chi connectivity index (χ3n) is 4.76. The van der Waals surface area contributed by atoms with E-state index in [1.54, 1.807) is 21.0 Å². The maximum atomic E-state index is 12.7. The molecule has 0 aliphatic carbocycles. The van der Waals surface area contributed by atoms with Crippen LogP contribution in [0.1, 0.15) is 45.7 Å². The molecule has 0 aliphatic rings. The Balaban J connectivity index is 1.97. The van der Waals surface area contributed by atoms with Crippen molar-refractivity contribution in [2.45, 2.75) is 46.6 Å². The number of nitrogens with one attached hydrogen (secondary N) is 2. The molecule has 0 aromatic heterocycles. The number of hydrogen-bond acceptors (Lipinski definition) is 3. The van der Waals surface area contributed by atoms with E-state index >= 15 is 0 Å². The molecular weight excluding hydrogens is 352 g/mol. The fraction of sp³-hybridized carbons (Fsp3) is 0.391. The molecule has 150 valence electrons. The van der Waals surface area contributed by atoms with Crippen LogP contribution in [0.15, 0.2) is 48.5 Å². The van der Waals surface area contributed by atoms with Crippen LogP contribution in [0, 0.1) is 5.41 Å². The first kappa shape index (κ1) is 21.5. The molecule has 5 nitrogen and oxygen atoms in total. The summed E-state index contributed by atoms with van der Waals surface area (Å²) in [6, 6.07) is 15.1. The standard InChI is InChI=1S/C23H30N2O3/c1-22(2,3)17-9-11-18(12-10-17)25-21(27)23(4,5)20(26)24-15-16-7-13-19(28-6)14-8-16/h7-14H,15H2,1-6H3,(H,24,26)(H,25,27). The highest BCUT2D eigenvalue weighted by Gasteiger charge is 2.36. The minimum absolute atomic E-state index is 0.0448. The van der Waals surface area contributed by atoms with Gasteiger partial charge in [-0.25, -0.2) is 0 Å². The molecule has 2 N–H and O–H groups in total. The first-order valence-corrected chi connectivity index (χ1v) is 9.37. The van der Waals surface area contributed by atoms with Crippen molar-refractivity contribution in [3.8, 4) is 5.75 Å². The fourth-order valence-corrected chi connectivity index (χ4v) is 2.59. The molecule has 2 rings (SSSR count). The molecule has 28 heavy (non-hydrogen) atoms. The van der Waals surface area contributed by atoms with Crippen LogP contribution in [0.5, 0.6) is 5.75 Å². The van der Waals surface area contributed by atoms with Crippen LogP contribution in [0.2, 0.25) is 0 Å². The van der Waals surface area contributed by atoms with Crippen molar-refractivity contribution in [1.82, 2.24) is 5.32 Å². The summed E-state index contributed by atoms with van der Waals surface area (Å²) in [4.78, 5) is 25.2. The Bertz CT molecular complexity index is 816. The zero-order chi connectivity index (χ0) is 20.9. The SMILES string of the molecule is COc1ccc(CNC(=O)C(C)(C)C(=O)Nc2ccc(C(C)(C)C)cc2)cc1. The van der Waals surface area contributed by atoms with E-state index in [1.165, 1.54) is 5.56 Å². The van der Waals surface area contributed by atoms with Gasteiger partial charge >= 0.3 is 0 Å². The normalized spacial score (nSPS) is 11.6. The van der Waals surface area contributed by atoms with E-state index in [0.29, 0.717) is 12.2 Å². The summed E-state index contributed by atoms with van der Waals surface area (Å²) in [5.74, 6) is 0.0858. The highest BCUT2D eigenvalue weighted by atomic mass is 16.5. The van der Waals surface area contributed by atoms with Crippen LogP contribution >= 0.6 is 0 Å². The number of rotatable bonds is 6. The van der Waals surface area contributed by atoms with Gasteiger partial charge in [-0.3, -0.25) is 9.59 Å². The number of hydrogen-bond donors (Lipinski definition) is 2. The number of anilines is 1. The Morgan fingerprint density at radius 1 is 0.857 bits per heavy atom. The summed E-state index contributed by atoms with van der Waals surface area (Å²) < 4.78 is 5.12. The smallest absolute Gasteiger partial charge is 0.239 e. The molecule has 0 radical (unpaired) electrons. The maximum Gasteiger partial charge on any atom is 0.239 e. The highest BCUT2D eigenvalue weighted by Crippen LogP contribution is 2.25. The van der Waals surface area contributed by atoms with Gasteiger partial charge in [-0.15, -0.1) is 0 Å². The van der Waals surface area contributed by atoms with Crippen LogP contribution < -0.4 is 15.4 Å². The van der Waals surface area contributed by atoms with Crippen molar-refractivity contribution in [2.24, 2.45) is 5.41 Å². The van der Waals surface area contributed by atoms with Crippen LogP contribution in [0.3, 0.4) is 0 Å². The van der Waals surface area contributed by atoms with Crippen molar-refractivity contribution in [3.63, 3.8) is 0 Å². The van der Waals surface area contributed by atoms with Gasteiger partial charge in [0.05, 0.1) is 7.11 Å². The fourth-order valence-electron chi connectivity index (χ4n) is 2.59. The molecule has 0 saturated carbocycles. The van der Waals surface area contributed by atoms with E-state index in [9.17, 15) is 9.59 Å². The summed E-state index contributed by atoms with van der Waals surface area (Å²) in [5, 5.41) is 5.67. The van der Waals surface area contributed by atoms with Crippen molar-refractivity contribution >= 4 is 17.5 Å². The largest absolute Gasteiger partial charge is 0.497 e. The van der Waals surface area contributed by atoms with Crippen LogP contribution in [0.4, 0.5) is 5.69 Å². The van der Waals surface area contributed by atoms with Crippen LogP contribution in [0.25, 0.3) is 0 Å². The van der Waals surface area contributed by atoms with E-state index in [0.717, 1.165) is 11.3 Å². The zero-order valence-corrected chi connectivity index (χ0v) is 17.6. The Kier molecular flexibility index (Phi) is 6.49. The van der Waals surface area contributed by atoms with Crippen molar-refractivity contribution < 1.29 is 14.3 Å². The monoisotopic (exact) mass is 382 g/mol. The van der Waals surface area contributed by atoms with Gasteiger partial charge in [-0.05, 0) is 54.7 Å². The summed E-state index contributed by atoms with van der Waals surface area (Å²) in [6.07, 6.45) is 0. The molecular formula is C23H30N2O3. The van der Waals surface area contributed by atoms with E-state index in [-0.39, 0.29) is 17.2 Å². The Hall–Kier alpha value is -2.82.